The van der Waals surface area contributed by atoms with Crippen molar-refractivity contribution < 1.29 is 18.3 Å². The van der Waals surface area contributed by atoms with Crippen molar-refractivity contribution in [2.24, 2.45) is 10.7 Å². The Kier molecular flexibility index (Phi) is 4.64. The van der Waals surface area contributed by atoms with Crippen molar-refractivity contribution in [1.29, 1.82) is 0 Å². The summed E-state index contributed by atoms with van der Waals surface area (Å²) in [6.45, 7) is 1.84. The van der Waals surface area contributed by atoms with Crippen molar-refractivity contribution in [2.45, 2.75) is 6.10 Å². The number of nitrogens with two attached hydrogens (primary N) is 1. The van der Waals surface area contributed by atoms with E-state index in [0.717, 1.165) is 18.2 Å². The number of halogens is 2. The van der Waals surface area contributed by atoms with Gasteiger partial charge in [-0.3, -0.25) is 4.99 Å². The zero-order chi connectivity index (χ0) is 13.7. The summed E-state index contributed by atoms with van der Waals surface area (Å²) in [7, 11) is 0. The van der Waals surface area contributed by atoms with Gasteiger partial charge in [0.1, 0.15) is 17.7 Å². The highest BCUT2D eigenvalue weighted by Crippen LogP contribution is 2.14. The molecule has 3 N–H and O–H groups in total. The molecule has 1 atom stereocenters. The smallest absolute Gasteiger partial charge is 0.193 e. The van der Waals surface area contributed by atoms with Crippen LogP contribution >= 0.6 is 0 Å². The van der Waals surface area contributed by atoms with Crippen molar-refractivity contribution in [1.82, 2.24) is 0 Å². The van der Waals surface area contributed by atoms with Crippen LogP contribution in [0.2, 0.25) is 0 Å². The molecule has 5 nitrogen and oxygen atoms in total. The molecule has 0 spiro atoms. The first-order chi connectivity index (χ1) is 9.15. The number of guanidine groups is 1. The zero-order valence-electron chi connectivity index (χ0n) is 10.2. The number of ether oxygens (including phenoxy) is 2. The molecule has 0 aliphatic carbocycles. The summed E-state index contributed by atoms with van der Waals surface area (Å²) in [6.07, 6.45) is -0.161. The van der Waals surface area contributed by atoms with E-state index in [1.54, 1.807) is 0 Å². The van der Waals surface area contributed by atoms with Crippen LogP contribution in [0.1, 0.15) is 0 Å². The molecule has 1 unspecified atom stereocenters. The quantitative estimate of drug-likeness (QED) is 0.638. The third-order valence-electron chi connectivity index (χ3n) is 2.54. The maximum atomic E-state index is 13.3. The highest BCUT2D eigenvalue weighted by atomic mass is 19.1. The van der Waals surface area contributed by atoms with Gasteiger partial charge in [-0.2, -0.15) is 0 Å². The van der Waals surface area contributed by atoms with Crippen LogP contribution in [0.25, 0.3) is 0 Å². The lowest BCUT2D eigenvalue weighted by atomic mass is 10.3. The predicted molar refractivity (Wildman–Crippen MR) is 67.0 cm³/mol. The van der Waals surface area contributed by atoms with Crippen LogP contribution < -0.4 is 11.1 Å². The van der Waals surface area contributed by atoms with Gasteiger partial charge in [0.05, 0.1) is 32.1 Å². The monoisotopic (exact) mass is 271 g/mol. The lowest BCUT2D eigenvalue weighted by Crippen LogP contribution is -2.32. The van der Waals surface area contributed by atoms with E-state index in [-0.39, 0.29) is 17.8 Å². The molecule has 1 saturated heterocycles. The summed E-state index contributed by atoms with van der Waals surface area (Å²) >= 11 is 0. The van der Waals surface area contributed by atoms with Crippen molar-refractivity contribution >= 4 is 11.6 Å². The van der Waals surface area contributed by atoms with Gasteiger partial charge in [-0.1, -0.05) is 0 Å². The fraction of sp³-hybridized carbons (Fsp3) is 0.417. The molecule has 0 amide bonds. The Morgan fingerprint density at radius 3 is 3.00 bits per heavy atom. The highest BCUT2D eigenvalue weighted by molar-refractivity contribution is 5.92. The lowest BCUT2D eigenvalue weighted by molar-refractivity contribution is -0.0832. The molecule has 0 bridgehead atoms. The molecule has 1 fully saturated rings. The molecule has 1 aliphatic rings. The van der Waals surface area contributed by atoms with E-state index in [1.807, 2.05) is 0 Å². The second-order valence-electron chi connectivity index (χ2n) is 4.04. The maximum absolute atomic E-state index is 13.3. The molecule has 19 heavy (non-hydrogen) atoms. The maximum Gasteiger partial charge on any atom is 0.193 e. The molecular weight excluding hydrogens is 256 g/mol. The first-order valence-corrected chi connectivity index (χ1v) is 5.86. The van der Waals surface area contributed by atoms with Gasteiger partial charge in [0.25, 0.3) is 0 Å². The van der Waals surface area contributed by atoms with Crippen LogP contribution in [0.15, 0.2) is 23.2 Å². The summed E-state index contributed by atoms with van der Waals surface area (Å²) in [4.78, 5) is 4.00. The zero-order valence-corrected chi connectivity index (χ0v) is 10.2. The summed E-state index contributed by atoms with van der Waals surface area (Å²) in [5.74, 6) is -1.16. The molecule has 0 saturated carbocycles. The number of aliphatic imine (C=N–C) groups is 1. The molecule has 0 radical (unpaired) electrons. The molecule has 1 aromatic carbocycles. The lowest BCUT2D eigenvalue weighted by Gasteiger charge is -2.21. The van der Waals surface area contributed by atoms with E-state index in [9.17, 15) is 8.78 Å². The summed E-state index contributed by atoms with van der Waals surface area (Å²) in [5, 5.41) is 2.51. The SMILES string of the molecule is NC(=NCC1COCCO1)Nc1cc(F)ccc1F. The Labute approximate surface area is 109 Å². The normalized spacial score (nSPS) is 20.3. The second-order valence-corrected chi connectivity index (χ2v) is 4.04. The Bertz CT molecular complexity index is 462. The van der Waals surface area contributed by atoms with Gasteiger partial charge >= 0.3 is 0 Å². The third-order valence-corrected chi connectivity index (χ3v) is 2.54. The average molecular weight is 271 g/mol. The minimum Gasteiger partial charge on any atom is -0.376 e. The van der Waals surface area contributed by atoms with Crippen molar-refractivity contribution in [3.05, 3.63) is 29.8 Å². The largest absolute Gasteiger partial charge is 0.376 e. The van der Waals surface area contributed by atoms with E-state index >= 15 is 0 Å². The second kappa shape index (κ2) is 6.44. The summed E-state index contributed by atoms with van der Waals surface area (Å²) < 4.78 is 36.9. The van der Waals surface area contributed by atoms with Crippen LogP contribution in [0, 0.1) is 11.6 Å². The number of hydrogen-bond acceptors (Lipinski definition) is 3. The predicted octanol–water partition coefficient (Wildman–Crippen LogP) is 1.11. The highest BCUT2D eigenvalue weighted by Gasteiger charge is 2.13. The Balaban J connectivity index is 1.92. The minimum atomic E-state index is -0.600. The van der Waals surface area contributed by atoms with E-state index in [2.05, 4.69) is 10.3 Å². The Morgan fingerprint density at radius 2 is 2.26 bits per heavy atom. The first-order valence-electron chi connectivity index (χ1n) is 5.86. The van der Waals surface area contributed by atoms with E-state index in [0.29, 0.717) is 26.4 Å². The Morgan fingerprint density at radius 1 is 1.42 bits per heavy atom. The van der Waals surface area contributed by atoms with Gasteiger partial charge in [0.15, 0.2) is 5.96 Å². The van der Waals surface area contributed by atoms with Crippen molar-refractivity contribution in [3.63, 3.8) is 0 Å². The van der Waals surface area contributed by atoms with Gasteiger partial charge in [-0.25, -0.2) is 8.78 Å². The number of hydrogen-bond donors (Lipinski definition) is 2. The van der Waals surface area contributed by atoms with Gasteiger partial charge in [0.2, 0.25) is 0 Å². The fourth-order valence-corrected chi connectivity index (χ4v) is 1.61. The number of rotatable bonds is 3. The number of nitrogens with one attached hydrogen (secondary N) is 1. The van der Waals surface area contributed by atoms with Crippen LogP contribution in [-0.4, -0.2) is 38.4 Å². The van der Waals surface area contributed by atoms with Crippen LogP contribution in [0.5, 0.6) is 0 Å². The van der Waals surface area contributed by atoms with Crippen LogP contribution in [-0.2, 0) is 9.47 Å². The van der Waals surface area contributed by atoms with Gasteiger partial charge < -0.3 is 20.5 Å². The van der Waals surface area contributed by atoms with E-state index < -0.39 is 11.6 Å². The van der Waals surface area contributed by atoms with Crippen molar-refractivity contribution in [2.75, 3.05) is 31.7 Å². The number of nitrogens with zero attached hydrogens (tertiary/aromatic N) is 1. The summed E-state index contributed by atoms with van der Waals surface area (Å²) in [5.41, 5.74) is 5.54. The van der Waals surface area contributed by atoms with Gasteiger partial charge in [-0.05, 0) is 12.1 Å². The fourth-order valence-electron chi connectivity index (χ4n) is 1.61. The molecule has 104 valence electrons. The molecule has 1 aromatic rings. The standard InChI is InChI=1S/C12H15F2N3O2/c13-8-1-2-10(14)11(5-8)17-12(15)16-6-9-7-18-3-4-19-9/h1-2,5,9H,3-4,6-7H2,(H3,15,16,17). The average Bonchev–Trinajstić information content (AvgIpc) is 2.42. The summed E-state index contributed by atoms with van der Waals surface area (Å²) in [6, 6.07) is 3.06. The third kappa shape index (κ3) is 4.15. The van der Waals surface area contributed by atoms with Crippen LogP contribution in [0.3, 0.4) is 0 Å². The van der Waals surface area contributed by atoms with Gasteiger partial charge in [0, 0.05) is 6.07 Å². The van der Waals surface area contributed by atoms with Crippen molar-refractivity contribution in [3.8, 4) is 0 Å². The van der Waals surface area contributed by atoms with E-state index in [1.165, 1.54) is 0 Å². The molecular formula is C12H15F2N3O2. The van der Waals surface area contributed by atoms with Crippen LogP contribution in [0.4, 0.5) is 14.5 Å². The topological polar surface area (TPSA) is 68.9 Å². The minimum absolute atomic E-state index is 0.00123. The Hall–Kier alpha value is -1.73. The molecule has 7 heteroatoms. The molecule has 0 aromatic heterocycles. The first kappa shape index (κ1) is 13.7. The number of benzene rings is 1. The number of anilines is 1. The van der Waals surface area contributed by atoms with Gasteiger partial charge in [-0.15, -0.1) is 0 Å². The molecule has 1 heterocycles. The van der Waals surface area contributed by atoms with E-state index in [4.69, 9.17) is 15.2 Å². The molecule has 2 rings (SSSR count). The molecule has 1 aliphatic heterocycles.